The largest absolute Gasteiger partial charge is 0.454 e. The lowest BCUT2D eigenvalue weighted by Crippen LogP contribution is -2.45. The van der Waals surface area contributed by atoms with E-state index in [2.05, 4.69) is 5.32 Å². The fourth-order valence-electron chi connectivity index (χ4n) is 2.77. The second-order valence-electron chi connectivity index (χ2n) is 5.64. The lowest BCUT2D eigenvalue weighted by atomic mass is 9.98. The van der Waals surface area contributed by atoms with Crippen LogP contribution >= 0.6 is 0 Å². The maximum absolute atomic E-state index is 12.4. The van der Waals surface area contributed by atoms with Crippen LogP contribution in [-0.4, -0.2) is 36.7 Å². The highest BCUT2D eigenvalue weighted by Gasteiger charge is 2.27. The van der Waals surface area contributed by atoms with E-state index < -0.39 is 0 Å². The van der Waals surface area contributed by atoms with Gasteiger partial charge in [-0.25, -0.2) is 4.79 Å². The van der Waals surface area contributed by atoms with Crippen LogP contribution in [0.2, 0.25) is 0 Å². The predicted molar refractivity (Wildman–Crippen MR) is 79.8 cm³/mol. The lowest BCUT2D eigenvalue weighted by Gasteiger charge is -2.31. The molecule has 22 heavy (non-hydrogen) atoms. The van der Waals surface area contributed by atoms with Gasteiger partial charge in [0.15, 0.2) is 11.5 Å². The van der Waals surface area contributed by atoms with Crippen molar-refractivity contribution in [3.8, 4) is 11.5 Å². The summed E-state index contributed by atoms with van der Waals surface area (Å²) in [6.45, 7) is 3.07. The molecule has 2 heterocycles. The second kappa shape index (κ2) is 5.75. The van der Waals surface area contributed by atoms with Crippen LogP contribution in [0.15, 0.2) is 12.1 Å². The first-order chi connectivity index (χ1) is 10.5. The Bertz CT molecular complexity index is 617. The van der Waals surface area contributed by atoms with Crippen LogP contribution in [0.1, 0.15) is 18.4 Å². The van der Waals surface area contributed by atoms with Crippen LogP contribution in [0.25, 0.3) is 0 Å². The van der Waals surface area contributed by atoms with Gasteiger partial charge in [0.2, 0.25) is 12.7 Å². The highest BCUT2D eigenvalue weighted by Crippen LogP contribution is 2.36. The standard InChI is InChI=1S/C15H19N3O4/c1-9-5-12-13(22-8-21-12)6-11(9)17-15(20)18-4-2-3-10(7-18)14(16)19/h5-6,10H,2-4,7-8H2,1H3,(H2,16,19)(H,17,20). The number of primary amides is 1. The molecular formula is C15H19N3O4. The number of carbonyl (C=O) groups excluding carboxylic acids is 2. The van der Waals surface area contributed by atoms with Crippen molar-refractivity contribution >= 4 is 17.6 Å². The van der Waals surface area contributed by atoms with Crippen molar-refractivity contribution in [2.45, 2.75) is 19.8 Å². The van der Waals surface area contributed by atoms with Crippen LogP contribution < -0.4 is 20.5 Å². The van der Waals surface area contributed by atoms with E-state index in [1.807, 2.05) is 13.0 Å². The second-order valence-corrected chi connectivity index (χ2v) is 5.64. The third-order valence-corrected chi connectivity index (χ3v) is 4.07. The summed E-state index contributed by atoms with van der Waals surface area (Å²) in [6.07, 6.45) is 1.52. The Balaban J connectivity index is 1.70. The monoisotopic (exact) mass is 305 g/mol. The summed E-state index contributed by atoms with van der Waals surface area (Å²) < 4.78 is 10.6. The van der Waals surface area contributed by atoms with Crippen molar-refractivity contribution in [3.63, 3.8) is 0 Å². The molecule has 0 bridgehead atoms. The van der Waals surface area contributed by atoms with E-state index in [4.69, 9.17) is 15.2 Å². The van der Waals surface area contributed by atoms with E-state index in [9.17, 15) is 9.59 Å². The van der Waals surface area contributed by atoms with E-state index in [1.54, 1.807) is 11.0 Å². The van der Waals surface area contributed by atoms with Gasteiger partial charge in [-0.15, -0.1) is 0 Å². The van der Waals surface area contributed by atoms with Gasteiger partial charge in [-0.2, -0.15) is 0 Å². The van der Waals surface area contributed by atoms with Crippen LogP contribution in [0.3, 0.4) is 0 Å². The number of fused-ring (bicyclic) bond motifs is 1. The first-order valence-electron chi connectivity index (χ1n) is 7.30. The summed E-state index contributed by atoms with van der Waals surface area (Å²) in [5.41, 5.74) is 6.91. The Hall–Kier alpha value is -2.44. The number of nitrogens with two attached hydrogens (primary N) is 1. The molecule has 3 rings (SSSR count). The van der Waals surface area contributed by atoms with E-state index >= 15 is 0 Å². The Morgan fingerprint density at radius 1 is 1.32 bits per heavy atom. The van der Waals surface area contributed by atoms with Crippen LogP contribution in [-0.2, 0) is 4.79 Å². The van der Waals surface area contributed by atoms with Crippen molar-refractivity contribution in [3.05, 3.63) is 17.7 Å². The molecule has 0 radical (unpaired) electrons. The zero-order valence-corrected chi connectivity index (χ0v) is 12.4. The van der Waals surface area contributed by atoms with Crippen molar-refractivity contribution in [1.29, 1.82) is 0 Å². The average molecular weight is 305 g/mol. The molecule has 1 saturated heterocycles. The molecule has 2 aliphatic rings. The molecule has 0 aliphatic carbocycles. The highest BCUT2D eigenvalue weighted by molar-refractivity contribution is 5.91. The van der Waals surface area contributed by atoms with Gasteiger partial charge in [-0.05, 0) is 31.4 Å². The number of amides is 3. The summed E-state index contributed by atoms with van der Waals surface area (Å²) >= 11 is 0. The molecule has 0 aromatic heterocycles. The number of hydrogen-bond donors (Lipinski definition) is 2. The van der Waals surface area contributed by atoms with Crippen LogP contribution in [0.4, 0.5) is 10.5 Å². The minimum Gasteiger partial charge on any atom is -0.454 e. The number of ether oxygens (including phenoxy) is 2. The maximum Gasteiger partial charge on any atom is 0.321 e. The van der Waals surface area contributed by atoms with E-state index in [0.29, 0.717) is 30.3 Å². The molecule has 1 fully saturated rings. The Morgan fingerprint density at radius 3 is 2.77 bits per heavy atom. The third kappa shape index (κ3) is 2.79. The lowest BCUT2D eigenvalue weighted by molar-refractivity contribution is -0.123. The molecule has 1 atom stereocenters. The fraction of sp³-hybridized carbons (Fsp3) is 0.467. The molecule has 118 valence electrons. The number of benzene rings is 1. The molecule has 0 saturated carbocycles. The molecule has 3 N–H and O–H groups in total. The number of carbonyl (C=O) groups is 2. The van der Waals surface area contributed by atoms with E-state index in [0.717, 1.165) is 18.4 Å². The van der Waals surface area contributed by atoms with Gasteiger partial charge in [0, 0.05) is 24.8 Å². The summed E-state index contributed by atoms with van der Waals surface area (Å²) in [6, 6.07) is 3.36. The van der Waals surface area contributed by atoms with Crippen molar-refractivity contribution in [2.24, 2.45) is 11.7 Å². The van der Waals surface area contributed by atoms with Gasteiger partial charge in [0.25, 0.3) is 0 Å². The quantitative estimate of drug-likeness (QED) is 0.864. The number of hydrogen-bond acceptors (Lipinski definition) is 4. The summed E-state index contributed by atoms with van der Waals surface area (Å²) in [5, 5.41) is 2.87. The number of anilines is 1. The first kappa shape index (κ1) is 14.5. The Kier molecular flexibility index (Phi) is 3.79. The molecule has 2 aliphatic heterocycles. The molecule has 7 heteroatoms. The number of aryl methyl sites for hydroxylation is 1. The molecule has 1 aromatic rings. The van der Waals surface area contributed by atoms with Gasteiger partial charge in [-0.3, -0.25) is 4.79 Å². The van der Waals surface area contributed by atoms with Crippen molar-refractivity contribution in [1.82, 2.24) is 4.90 Å². The number of nitrogens with zero attached hydrogens (tertiary/aromatic N) is 1. The van der Waals surface area contributed by atoms with Crippen LogP contribution in [0, 0.1) is 12.8 Å². The Labute approximate surface area is 128 Å². The minimum atomic E-state index is -0.350. The number of rotatable bonds is 2. The summed E-state index contributed by atoms with van der Waals surface area (Å²) in [7, 11) is 0. The fourth-order valence-corrected chi connectivity index (χ4v) is 2.77. The number of piperidine rings is 1. The highest BCUT2D eigenvalue weighted by atomic mass is 16.7. The van der Waals surface area contributed by atoms with Crippen LogP contribution in [0.5, 0.6) is 11.5 Å². The topological polar surface area (TPSA) is 93.9 Å². The molecule has 3 amide bonds. The summed E-state index contributed by atoms with van der Waals surface area (Å²) in [4.78, 5) is 25.3. The SMILES string of the molecule is Cc1cc2c(cc1NC(=O)N1CCCC(C(N)=O)C1)OCO2. The number of urea groups is 1. The van der Waals surface area contributed by atoms with Gasteiger partial charge >= 0.3 is 6.03 Å². The zero-order valence-electron chi connectivity index (χ0n) is 12.4. The predicted octanol–water partition coefficient (Wildman–Crippen LogP) is 1.45. The maximum atomic E-state index is 12.4. The normalized spacial score (nSPS) is 19.9. The average Bonchev–Trinajstić information content (AvgIpc) is 2.94. The number of nitrogens with one attached hydrogen (secondary N) is 1. The smallest absolute Gasteiger partial charge is 0.321 e. The first-order valence-corrected chi connectivity index (χ1v) is 7.30. The van der Waals surface area contributed by atoms with Gasteiger partial charge < -0.3 is 25.4 Å². The van der Waals surface area contributed by atoms with Gasteiger partial charge in [-0.1, -0.05) is 0 Å². The molecular weight excluding hydrogens is 286 g/mol. The number of likely N-dealkylation sites (tertiary alicyclic amines) is 1. The van der Waals surface area contributed by atoms with Crippen molar-refractivity contribution < 1.29 is 19.1 Å². The Morgan fingerprint density at radius 2 is 2.05 bits per heavy atom. The summed E-state index contributed by atoms with van der Waals surface area (Å²) in [5.74, 6) is 0.686. The van der Waals surface area contributed by atoms with E-state index in [1.165, 1.54) is 0 Å². The van der Waals surface area contributed by atoms with Crippen molar-refractivity contribution in [2.75, 3.05) is 25.2 Å². The van der Waals surface area contributed by atoms with Gasteiger partial charge in [0.05, 0.1) is 5.92 Å². The van der Waals surface area contributed by atoms with E-state index in [-0.39, 0.29) is 24.6 Å². The van der Waals surface area contributed by atoms with Gasteiger partial charge in [0.1, 0.15) is 0 Å². The molecule has 0 spiro atoms. The third-order valence-electron chi connectivity index (χ3n) is 4.07. The zero-order chi connectivity index (χ0) is 15.7. The minimum absolute atomic E-state index is 0.193. The molecule has 1 unspecified atom stereocenters. The molecule has 1 aromatic carbocycles. The molecule has 7 nitrogen and oxygen atoms in total.